The van der Waals surface area contributed by atoms with Gasteiger partial charge in [0.1, 0.15) is 5.82 Å². The first-order valence-corrected chi connectivity index (χ1v) is 6.50. The van der Waals surface area contributed by atoms with Crippen molar-refractivity contribution in [2.24, 2.45) is 0 Å². The predicted octanol–water partition coefficient (Wildman–Crippen LogP) is 2.78. The van der Waals surface area contributed by atoms with E-state index in [4.69, 9.17) is 0 Å². The van der Waals surface area contributed by atoms with E-state index < -0.39 is 12.0 Å². The quantitative estimate of drug-likeness (QED) is 0.746. The standard InChI is InChI=1S/C14H12F3N5/c1-21(9-10-5-3-2-4-6-10)12-8-7-11-18-19-13(14(15,16)17)22(11)20-12/h2-8H,9H2,1H3. The molecule has 0 atom stereocenters. The van der Waals surface area contributed by atoms with Crippen molar-refractivity contribution < 1.29 is 13.2 Å². The van der Waals surface area contributed by atoms with E-state index in [0.717, 1.165) is 10.1 Å². The Hall–Kier alpha value is -2.64. The fourth-order valence-electron chi connectivity index (χ4n) is 2.10. The van der Waals surface area contributed by atoms with Crippen molar-refractivity contribution in [3.8, 4) is 0 Å². The van der Waals surface area contributed by atoms with Gasteiger partial charge in [-0.25, -0.2) is 0 Å². The van der Waals surface area contributed by atoms with Gasteiger partial charge >= 0.3 is 6.18 Å². The average molecular weight is 307 g/mol. The molecule has 0 saturated heterocycles. The lowest BCUT2D eigenvalue weighted by Crippen LogP contribution is -2.20. The Bertz CT molecular complexity index is 782. The largest absolute Gasteiger partial charge is 0.453 e. The van der Waals surface area contributed by atoms with Crippen LogP contribution in [-0.2, 0) is 12.7 Å². The molecular formula is C14H12F3N5. The van der Waals surface area contributed by atoms with E-state index in [-0.39, 0.29) is 5.65 Å². The number of nitrogens with zero attached hydrogens (tertiary/aromatic N) is 5. The zero-order valence-corrected chi connectivity index (χ0v) is 11.6. The fraction of sp³-hybridized carbons (Fsp3) is 0.214. The molecule has 0 fully saturated rings. The molecule has 22 heavy (non-hydrogen) atoms. The minimum absolute atomic E-state index is 0.0594. The summed E-state index contributed by atoms with van der Waals surface area (Å²) in [6, 6.07) is 12.7. The summed E-state index contributed by atoms with van der Waals surface area (Å²) in [5.74, 6) is -0.723. The third kappa shape index (κ3) is 2.72. The first-order chi connectivity index (χ1) is 10.4. The van der Waals surface area contributed by atoms with E-state index in [1.807, 2.05) is 30.3 Å². The van der Waals surface area contributed by atoms with Crippen molar-refractivity contribution in [3.05, 3.63) is 53.9 Å². The maximum absolute atomic E-state index is 12.9. The van der Waals surface area contributed by atoms with Crippen LogP contribution in [0.2, 0.25) is 0 Å². The van der Waals surface area contributed by atoms with Crippen LogP contribution >= 0.6 is 0 Å². The second kappa shape index (κ2) is 5.28. The molecule has 0 aliphatic carbocycles. The van der Waals surface area contributed by atoms with Crippen molar-refractivity contribution in [1.29, 1.82) is 0 Å². The van der Waals surface area contributed by atoms with Crippen LogP contribution in [0.15, 0.2) is 42.5 Å². The Morgan fingerprint density at radius 3 is 2.45 bits per heavy atom. The molecular weight excluding hydrogens is 295 g/mol. The zero-order chi connectivity index (χ0) is 15.7. The first-order valence-electron chi connectivity index (χ1n) is 6.50. The van der Waals surface area contributed by atoms with E-state index in [1.54, 1.807) is 18.0 Å². The van der Waals surface area contributed by atoms with Gasteiger partial charge in [0.2, 0.25) is 0 Å². The fourth-order valence-corrected chi connectivity index (χ4v) is 2.10. The maximum Gasteiger partial charge on any atom is 0.453 e. The van der Waals surface area contributed by atoms with E-state index in [2.05, 4.69) is 15.3 Å². The SMILES string of the molecule is CN(Cc1ccccc1)c1ccc2nnc(C(F)(F)F)n2n1. The second-order valence-electron chi connectivity index (χ2n) is 4.82. The summed E-state index contributed by atoms with van der Waals surface area (Å²) in [7, 11) is 1.76. The van der Waals surface area contributed by atoms with Crippen molar-refractivity contribution in [3.63, 3.8) is 0 Å². The lowest BCUT2D eigenvalue weighted by Gasteiger charge is -2.18. The van der Waals surface area contributed by atoms with Crippen LogP contribution in [-0.4, -0.2) is 26.9 Å². The highest BCUT2D eigenvalue weighted by Gasteiger charge is 2.37. The molecule has 0 bridgehead atoms. The molecule has 0 saturated carbocycles. The van der Waals surface area contributed by atoms with Gasteiger partial charge in [0.15, 0.2) is 5.65 Å². The maximum atomic E-state index is 12.9. The highest BCUT2D eigenvalue weighted by Crippen LogP contribution is 2.27. The molecule has 0 N–H and O–H groups in total. The highest BCUT2D eigenvalue weighted by molar-refractivity contribution is 5.46. The average Bonchev–Trinajstić information content (AvgIpc) is 2.91. The second-order valence-corrected chi connectivity index (χ2v) is 4.82. The number of halogens is 3. The van der Waals surface area contributed by atoms with Crippen LogP contribution in [0.4, 0.5) is 19.0 Å². The molecule has 0 spiro atoms. The van der Waals surface area contributed by atoms with Crippen molar-refractivity contribution in [1.82, 2.24) is 19.8 Å². The van der Waals surface area contributed by atoms with Gasteiger partial charge in [-0.3, -0.25) is 0 Å². The van der Waals surface area contributed by atoms with E-state index in [0.29, 0.717) is 12.4 Å². The Morgan fingerprint density at radius 1 is 1.05 bits per heavy atom. The number of fused-ring (bicyclic) bond motifs is 1. The van der Waals surface area contributed by atoms with Gasteiger partial charge in [-0.15, -0.1) is 15.3 Å². The third-order valence-corrected chi connectivity index (χ3v) is 3.16. The number of benzene rings is 1. The normalized spacial score (nSPS) is 11.8. The van der Waals surface area contributed by atoms with Crippen molar-refractivity contribution in [2.45, 2.75) is 12.7 Å². The summed E-state index contributed by atoms with van der Waals surface area (Å²) >= 11 is 0. The summed E-state index contributed by atoms with van der Waals surface area (Å²) in [5.41, 5.74) is 1.09. The minimum atomic E-state index is -4.59. The molecule has 0 aliphatic heterocycles. The number of alkyl halides is 3. The number of hydrogen-bond donors (Lipinski definition) is 0. The van der Waals surface area contributed by atoms with Gasteiger partial charge in [0.25, 0.3) is 5.82 Å². The van der Waals surface area contributed by atoms with E-state index in [9.17, 15) is 13.2 Å². The van der Waals surface area contributed by atoms with Gasteiger partial charge in [0.05, 0.1) is 0 Å². The number of anilines is 1. The monoisotopic (exact) mass is 307 g/mol. The van der Waals surface area contributed by atoms with Gasteiger partial charge in [-0.05, 0) is 17.7 Å². The van der Waals surface area contributed by atoms with Gasteiger partial charge in [-0.1, -0.05) is 30.3 Å². The van der Waals surface area contributed by atoms with E-state index >= 15 is 0 Å². The molecule has 3 aromatic rings. The number of hydrogen-bond acceptors (Lipinski definition) is 4. The number of aromatic nitrogens is 4. The molecule has 1 aromatic carbocycles. The molecule has 0 aliphatic rings. The lowest BCUT2D eigenvalue weighted by atomic mass is 10.2. The molecule has 114 valence electrons. The molecule has 2 heterocycles. The Labute approximate surface area is 124 Å². The van der Waals surface area contributed by atoms with Crippen LogP contribution < -0.4 is 4.90 Å². The highest BCUT2D eigenvalue weighted by atomic mass is 19.4. The molecule has 2 aromatic heterocycles. The summed E-state index contributed by atoms with van der Waals surface area (Å²) in [5, 5.41) is 10.6. The lowest BCUT2D eigenvalue weighted by molar-refractivity contribution is -0.146. The molecule has 0 amide bonds. The zero-order valence-electron chi connectivity index (χ0n) is 11.6. The summed E-state index contributed by atoms with van der Waals surface area (Å²) in [6.45, 7) is 0.531. The summed E-state index contributed by atoms with van der Waals surface area (Å²) < 4.78 is 39.3. The summed E-state index contributed by atoms with van der Waals surface area (Å²) in [4.78, 5) is 1.76. The van der Waals surface area contributed by atoms with Gasteiger partial charge in [-0.2, -0.15) is 17.7 Å². The minimum Gasteiger partial charge on any atom is -0.354 e. The molecule has 0 unspecified atom stereocenters. The van der Waals surface area contributed by atoms with Crippen LogP contribution in [0.5, 0.6) is 0 Å². The number of rotatable bonds is 3. The third-order valence-electron chi connectivity index (χ3n) is 3.16. The Morgan fingerprint density at radius 2 is 1.77 bits per heavy atom. The summed E-state index contributed by atoms with van der Waals surface area (Å²) in [6.07, 6.45) is -4.59. The van der Waals surface area contributed by atoms with Crippen LogP contribution in [0.25, 0.3) is 5.65 Å². The molecule has 5 nitrogen and oxygen atoms in total. The Kier molecular flexibility index (Phi) is 3.44. The van der Waals surface area contributed by atoms with E-state index in [1.165, 1.54) is 6.07 Å². The van der Waals surface area contributed by atoms with Crippen molar-refractivity contribution >= 4 is 11.5 Å². The van der Waals surface area contributed by atoms with Crippen molar-refractivity contribution in [2.75, 3.05) is 11.9 Å². The van der Waals surface area contributed by atoms with Gasteiger partial charge in [0, 0.05) is 13.6 Å². The first kappa shape index (κ1) is 14.3. The molecule has 8 heteroatoms. The van der Waals surface area contributed by atoms with Crippen LogP contribution in [0.1, 0.15) is 11.4 Å². The van der Waals surface area contributed by atoms with Crippen LogP contribution in [0.3, 0.4) is 0 Å². The molecule has 0 radical (unpaired) electrons. The van der Waals surface area contributed by atoms with Crippen LogP contribution in [0, 0.1) is 0 Å². The Balaban J connectivity index is 1.94. The van der Waals surface area contributed by atoms with Gasteiger partial charge < -0.3 is 4.90 Å². The molecule has 3 rings (SSSR count). The topological polar surface area (TPSA) is 46.3 Å². The predicted molar refractivity (Wildman–Crippen MR) is 74.3 cm³/mol. The smallest absolute Gasteiger partial charge is 0.354 e.